The molecular formula is C48H29N7O3. The van der Waals surface area contributed by atoms with Gasteiger partial charge in [0.15, 0.2) is 10.9 Å². The highest BCUT2D eigenvalue weighted by molar-refractivity contribution is 5.97. The zero-order valence-corrected chi connectivity index (χ0v) is 30.8. The van der Waals surface area contributed by atoms with Crippen LogP contribution in [-0.2, 0) is 0 Å². The fraction of sp³-hybridized carbons (Fsp3) is 0.0208. The first-order chi connectivity index (χ1) is 28.4. The maximum atomic E-state index is 13.0. The van der Waals surface area contributed by atoms with Gasteiger partial charge in [0.25, 0.3) is 0 Å². The van der Waals surface area contributed by atoms with Gasteiger partial charge in [-0.1, -0.05) is 60.7 Å². The number of nitrogens with one attached hydrogen (secondary N) is 2. The molecule has 6 aromatic heterocycles. The lowest BCUT2D eigenvalue weighted by atomic mass is 9.94. The highest BCUT2D eigenvalue weighted by Crippen LogP contribution is 2.39. The highest BCUT2D eigenvalue weighted by atomic mass is 16.5. The van der Waals surface area contributed by atoms with E-state index in [1.165, 1.54) is 12.1 Å². The monoisotopic (exact) mass is 751 g/mol. The van der Waals surface area contributed by atoms with Gasteiger partial charge in [-0.2, -0.15) is 5.26 Å². The van der Waals surface area contributed by atoms with Crippen LogP contribution in [0.25, 0.3) is 99.8 Å². The smallest absolute Gasteiger partial charge is 0.221 e. The number of hydrogen-bond acceptors (Lipinski definition) is 8. The molecule has 0 aliphatic carbocycles. The summed E-state index contributed by atoms with van der Waals surface area (Å²) in [6, 6.07) is 44.2. The minimum Gasteiger partial charge on any atom is -0.481 e. The van der Waals surface area contributed by atoms with Crippen molar-refractivity contribution >= 4 is 43.9 Å². The van der Waals surface area contributed by atoms with Gasteiger partial charge in [-0.15, -0.1) is 0 Å². The van der Waals surface area contributed by atoms with E-state index in [1.54, 1.807) is 25.6 Å². The molecule has 0 saturated carbocycles. The van der Waals surface area contributed by atoms with E-state index in [-0.39, 0.29) is 10.9 Å². The topological polar surface area (TPSA) is 150 Å². The predicted octanol–water partition coefficient (Wildman–Crippen LogP) is 9.47. The van der Waals surface area contributed by atoms with Crippen LogP contribution in [0.4, 0.5) is 0 Å². The second-order valence-corrected chi connectivity index (χ2v) is 13.9. The van der Waals surface area contributed by atoms with Crippen LogP contribution in [-0.4, -0.2) is 37.0 Å². The van der Waals surface area contributed by atoms with Gasteiger partial charge in [-0.25, -0.2) is 19.9 Å². The average molecular weight is 752 g/mol. The van der Waals surface area contributed by atoms with E-state index in [9.17, 15) is 14.9 Å². The zero-order valence-electron chi connectivity index (χ0n) is 30.8. The van der Waals surface area contributed by atoms with Crippen molar-refractivity contribution in [1.82, 2.24) is 29.9 Å². The highest BCUT2D eigenvalue weighted by Gasteiger charge is 2.18. The van der Waals surface area contributed by atoms with Crippen molar-refractivity contribution in [1.29, 1.82) is 5.26 Å². The fourth-order valence-electron chi connectivity index (χ4n) is 7.55. The van der Waals surface area contributed by atoms with Crippen LogP contribution >= 0.6 is 0 Å². The first-order valence-corrected chi connectivity index (χ1v) is 18.5. The van der Waals surface area contributed by atoms with Crippen molar-refractivity contribution in [3.05, 3.63) is 172 Å². The normalized spacial score (nSPS) is 11.3. The van der Waals surface area contributed by atoms with Gasteiger partial charge in [0, 0.05) is 63.1 Å². The van der Waals surface area contributed by atoms with Gasteiger partial charge in [-0.3, -0.25) is 9.59 Å². The van der Waals surface area contributed by atoms with E-state index in [0.717, 1.165) is 66.5 Å². The van der Waals surface area contributed by atoms with Crippen LogP contribution in [0.1, 0.15) is 5.69 Å². The van der Waals surface area contributed by atoms with Crippen molar-refractivity contribution in [2.24, 2.45) is 0 Å². The Balaban J connectivity index is 1.13. The Kier molecular flexibility index (Phi) is 8.13. The number of benzene rings is 4. The molecule has 6 heterocycles. The second kappa shape index (κ2) is 13.8. The third kappa shape index (κ3) is 5.91. The number of aromatic amines is 2. The molecule has 10 rings (SSSR count). The van der Waals surface area contributed by atoms with Crippen LogP contribution in [0.15, 0.2) is 155 Å². The summed E-state index contributed by atoms with van der Waals surface area (Å²) < 4.78 is 5.89. The van der Waals surface area contributed by atoms with Crippen LogP contribution in [0.5, 0.6) is 5.88 Å². The van der Waals surface area contributed by atoms with E-state index in [1.807, 2.05) is 103 Å². The summed E-state index contributed by atoms with van der Waals surface area (Å²) in [5.74, 6) is 0.455. The third-order valence-electron chi connectivity index (χ3n) is 10.4. The molecule has 0 atom stereocenters. The maximum Gasteiger partial charge on any atom is 0.221 e. The number of nitriles is 1. The molecule has 4 aromatic carbocycles. The fourth-order valence-corrected chi connectivity index (χ4v) is 7.55. The van der Waals surface area contributed by atoms with Crippen molar-refractivity contribution in [3.63, 3.8) is 0 Å². The molecule has 0 spiro atoms. The molecule has 0 saturated heterocycles. The predicted molar refractivity (Wildman–Crippen MR) is 227 cm³/mol. The van der Waals surface area contributed by atoms with Crippen LogP contribution < -0.4 is 15.6 Å². The first kappa shape index (κ1) is 34.2. The Morgan fingerprint density at radius 1 is 0.517 bits per heavy atom. The number of pyridine rings is 6. The standard InChI is InChI=1S/C48H29N7O3/c1-58-48-37(23-33-22-30(12-15-41(33)53-48)35-24-38-42(56)16-18-50-46(38)54-44(35)27-6-3-2-4-7-27)28-8-5-9-32(21-28)45-36(25-39-43(57)17-19-51-47(39)55-45)29-11-14-40-31(20-29)10-13-34(26-49)52-40/h2-25H,1H3,(H,50,54,56)(H,51,55,57). The molecule has 10 nitrogen and oxygen atoms in total. The molecule has 2 N–H and O–H groups in total. The van der Waals surface area contributed by atoms with E-state index in [0.29, 0.717) is 44.9 Å². The minimum absolute atomic E-state index is 0.112. The molecular weight excluding hydrogens is 723 g/mol. The third-order valence-corrected chi connectivity index (χ3v) is 10.4. The number of rotatable bonds is 6. The van der Waals surface area contributed by atoms with Gasteiger partial charge in [-0.05, 0) is 77.4 Å². The van der Waals surface area contributed by atoms with Crippen molar-refractivity contribution in [2.45, 2.75) is 0 Å². The largest absolute Gasteiger partial charge is 0.481 e. The van der Waals surface area contributed by atoms with Crippen molar-refractivity contribution in [2.75, 3.05) is 7.11 Å². The number of ether oxygens (including phenoxy) is 1. The number of hydrogen-bond donors (Lipinski definition) is 2. The van der Waals surface area contributed by atoms with Crippen molar-refractivity contribution < 1.29 is 4.74 Å². The Labute approximate surface area is 329 Å². The number of H-pyrrole nitrogens is 2. The molecule has 58 heavy (non-hydrogen) atoms. The summed E-state index contributed by atoms with van der Waals surface area (Å²) in [6.45, 7) is 0. The quantitative estimate of drug-likeness (QED) is 0.171. The van der Waals surface area contributed by atoms with Crippen molar-refractivity contribution in [3.8, 4) is 67.8 Å². The summed E-state index contributed by atoms with van der Waals surface area (Å²) >= 11 is 0. The van der Waals surface area contributed by atoms with Gasteiger partial charge < -0.3 is 14.7 Å². The Morgan fingerprint density at radius 3 is 1.76 bits per heavy atom. The van der Waals surface area contributed by atoms with E-state index in [4.69, 9.17) is 19.7 Å². The minimum atomic E-state index is -0.141. The van der Waals surface area contributed by atoms with Crippen LogP contribution in [0, 0.1) is 11.3 Å². The summed E-state index contributed by atoms with van der Waals surface area (Å²) in [6.07, 6.45) is 3.21. The molecule has 0 unspecified atom stereocenters. The molecule has 0 bridgehead atoms. The van der Waals surface area contributed by atoms with E-state index < -0.39 is 0 Å². The Morgan fingerprint density at radius 2 is 1.10 bits per heavy atom. The SMILES string of the molecule is COc1nc2ccc(-c3cc4c(=O)cc[nH]c4nc3-c3ccccc3)cc2cc1-c1cccc(-c2nc3[nH]ccc(=O)c3cc2-c2ccc3nc(C#N)ccc3c2)c1. The lowest BCUT2D eigenvalue weighted by Crippen LogP contribution is -2.03. The van der Waals surface area contributed by atoms with Gasteiger partial charge in [0.05, 0.1) is 40.3 Å². The summed E-state index contributed by atoms with van der Waals surface area (Å²) in [4.78, 5) is 51.6. The molecule has 0 aliphatic rings. The van der Waals surface area contributed by atoms with E-state index >= 15 is 0 Å². The maximum absolute atomic E-state index is 13.0. The number of aromatic nitrogens is 6. The van der Waals surface area contributed by atoms with Gasteiger partial charge in [0.2, 0.25) is 5.88 Å². The number of fused-ring (bicyclic) bond motifs is 4. The lowest BCUT2D eigenvalue weighted by Gasteiger charge is -2.15. The lowest BCUT2D eigenvalue weighted by molar-refractivity contribution is 0.401. The average Bonchev–Trinajstić information content (AvgIpc) is 3.28. The van der Waals surface area contributed by atoms with Crippen LogP contribution in [0.2, 0.25) is 0 Å². The molecule has 0 fully saturated rings. The Bertz CT molecular complexity index is 3460. The molecule has 10 aromatic rings. The molecule has 274 valence electrons. The molecule has 0 aliphatic heterocycles. The second-order valence-electron chi connectivity index (χ2n) is 13.9. The molecule has 0 amide bonds. The zero-order chi connectivity index (χ0) is 39.3. The van der Waals surface area contributed by atoms with Crippen LogP contribution in [0.3, 0.4) is 0 Å². The summed E-state index contributed by atoms with van der Waals surface area (Å²) in [5, 5.41) is 12.1. The summed E-state index contributed by atoms with van der Waals surface area (Å²) in [5.41, 5.74) is 10.6. The molecule has 10 heteroatoms. The summed E-state index contributed by atoms with van der Waals surface area (Å²) in [7, 11) is 1.60. The van der Waals surface area contributed by atoms with Gasteiger partial charge >= 0.3 is 0 Å². The van der Waals surface area contributed by atoms with E-state index in [2.05, 4.69) is 33.2 Å². The van der Waals surface area contributed by atoms with Gasteiger partial charge in [0.1, 0.15) is 23.1 Å². The molecule has 0 radical (unpaired) electrons. The first-order valence-electron chi connectivity index (χ1n) is 18.5. The Hall–Kier alpha value is -8.29. The number of methoxy groups -OCH3 is 1. The number of nitrogens with zero attached hydrogens (tertiary/aromatic N) is 5.